The summed E-state index contributed by atoms with van der Waals surface area (Å²) in [5.41, 5.74) is 0.804. The quantitative estimate of drug-likeness (QED) is 0.758. The Hall–Kier alpha value is -2.48. The molecule has 2 N–H and O–H groups in total. The lowest BCUT2D eigenvalue weighted by Crippen LogP contribution is -2.13. The number of anilines is 1. The summed E-state index contributed by atoms with van der Waals surface area (Å²) >= 11 is 1.37. The Labute approximate surface area is 111 Å². The van der Waals surface area contributed by atoms with Crippen molar-refractivity contribution >= 4 is 32.6 Å². The molecular formula is C11H9N5O2S. The first-order valence-corrected chi connectivity index (χ1v) is 6.19. The number of amides is 1. The highest BCUT2D eigenvalue weighted by Gasteiger charge is 2.12. The lowest BCUT2D eigenvalue weighted by Gasteiger charge is -1.96. The smallest absolute Gasteiger partial charge is 0.294 e. The summed E-state index contributed by atoms with van der Waals surface area (Å²) in [6.07, 6.45) is 1.28. The summed E-state index contributed by atoms with van der Waals surface area (Å²) in [7, 11) is 1.61. The van der Waals surface area contributed by atoms with Gasteiger partial charge in [0.15, 0.2) is 5.13 Å². The molecule has 0 unspecified atom stereocenters. The van der Waals surface area contributed by atoms with Crippen LogP contribution in [-0.4, -0.2) is 33.2 Å². The number of hydrogen-bond donors (Lipinski definition) is 2. The Bertz CT molecular complexity index is 722. The van der Waals surface area contributed by atoms with Crippen molar-refractivity contribution in [3.05, 3.63) is 30.4 Å². The van der Waals surface area contributed by atoms with Gasteiger partial charge in [-0.3, -0.25) is 15.2 Å². The Morgan fingerprint density at radius 1 is 1.47 bits per heavy atom. The van der Waals surface area contributed by atoms with Gasteiger partial charge >= 0.3 is 0 Å². The zero-order chi connectivity index (χ0) is 13.2. The molecule has 1 aromatic carbocycles. The van der Waals surface area contributed by atoms with E-state index in [1.807, 2.05) is 18.2 Å². The predicted molar refractivity (Wildman–Crippen MR) is 70.5 cm³/mol. The van der Waals surface area contributed by atoms with Crippen molar-refractivity contribution in [2.75, 3.05) is 12.4 Å². The van der Waals surface area contributed by atoms with Gasteiger partial charge in [0.05, 0.1) is 17.3 Å². The number of hydrogen-bond acceptors (Lipinski definition) is 6. The minimum Gasteiger partial charge on any atom is -0.497 e. The molecule has 19 heavy (non-hydrogen) atoms. The number of thiazole rings is 1. The minimum atomic E-state index is -0.372. The van der Waals surface area contributed by atoms with Gasteiger partial charge in [-0.25, -0.2) is 9.97 Å². The number of aromatic amines is 1. The van der Waals surface area contributed by atoms with E-state index in [-0.39, 0.29) is 11.7 Å². The Kier molecular flexibility index (Phi) is 2.84. The molecule has 0 atom stereocenters. The van der Waals surface area contributed by atoms with Crippen LogP contribution in [0.5, 0.6) is 5.75 Å². The van der Waals surface area contributed by atoms with Crippen LogP contribution >= 0.6 is 11.3 Å². The molecular weight excluding hydrogens is 266 g/mol. The molecule has 7 nitrogen and oxygen atoms in total. The Balaban J connectivity index is 1.87. The van der Waals surface area contributed by atoms with Crippen LogP contribution in [0.3, 0.4) is 0 Å². The first-order chi connectivity index (χ1) is 9.26. The number of nitrogens with one attached hydrogen (secondary N) is 2. The number of rotatable bonds is 3. The van der Waals surface area contributed by atoms with E-state index >= 15 is 0 Å². The second-order valence-electron chi connectivity index (χ2n) is 3.64. The molecule has 0 spiro atoms. The van der Waals surface area contributed by atoms with Crippen molar-refractivity contribution in [2.45, 2.75) is 0 Å². The molecule has 0 saturated heterocycles. The molecule has 0 aliphatic heterocycles. The van der Waals surface area contributed by atoms with Gasteiger partial charge in [-0.05, 0) is 18.2 Å². The van der Waals surface area contributed by atoms with Crippen molar-refractivity contribution in [1.29, 1.82) is 0 Å². The average molecular weight is 275 g/mol. The van der Waals surface area contributed by atoms with E-state index in [1.165, 1.54) is 17.7 Å². The number of H-pyrrole nitrogens is 1. The van der Waals surface area contributed by atoms with Gasteiger partial charge in [0.1, 0.15) is 12.1 Å². The fourth-order valence-corrected chi connectivity index (χ4v) is 2.45. The van der Waals surface area contributed by atoms with Crippen molar-refractivity contribution in [1.82, 2.24) is 20.2 Å². The van der Waals surface area contributed by atoms with Crippen LogP contribution in [0.2, 0.25) is 0 Å². The topological polar surface area (TPSA) is 92.8 Å². The standard InChI is InChI=1S/C11H9N5O2S/c1-18-6-2-3-7-8(4-6)19-11(14-7)15-10(17)9-12-5-13-16-9/h2-5H,1H3,(H,12,13,16)(H,14,15,17). The van der Waals surface area contributed by atoms with E-state index in [1.54, 1.807) is 7.11 Å². The average Bonchev–Trinajstić information content (AvgIpc) is 3.06. The Morgan fingerprint density at radius 2 is 2.37 bits per heavy atom. The van der Waals surface area contributed by atoms with Crippen LogP contribution in [0, 0.1) is 0 Å². The molecule has 0 saturated carbocycles. The summed E-state index contributed by atoms with van der Waals surface area (Å²) in [4.78, 5) is 19.9. The highest BCUT2D eigenvalue weighted by atomic mass is 32.1. The van der Waals surface area contributed by atoms with Crippen LogP contribution in [0.25, 0.3) is 10.2 Å². The monoisotopic (exact) mass is 275 g/mol. The number of fused-ring (bicyclic) bond motifs is 1. The zero-order valence-corrected chi connectivity index (χ0v) is 10.7. The lowest BCUT2D eigenvalue weighted by atomic mass is 10.3. The van der Waals surface area contributed by atoms with Gasteiger partial charge in [-0.2, -0.15) is 5.10 Å². The third kappa shape index (κ3) is 2.25. The van der Waals surface area contributed by atoms with Crippen LogP contribution in [0.1, 0.15) is 10.6 Å². The van der Waals surface area contributed by atoms with Gasteiger partial charge in [0.25, 0.3) is 5.91 Å². The number of methoxy groups -OCH3 is 1. The summed E-state index contributed by atoms with van der Waals surface area (Å²) in [5.74, 6) is 0.532. The largest absolute Gasteiger partial charge is 0.497 e. The third-order valence-corrected chi connectivity index (χ3v) is 3.38. The first kappa shape index (κ1) is 11.6. The summed E-state index contributed by atoms with van der Waals surface area (Å²) in [5, 5.41) is 9.28. The maximum absolute atomic E-state index is 11.8. The van der Waals surface area contributed by atoms with E-state index < -0.39 is 0 Å². The molecule has 0 aliphatic carbocycles. The molecule has 0 radical (unpaired) electrons. The zero-order valence-electron chi connectivity index (χ0n) is 9.88. The number of carbonyl (C=O) groups is 1. The fourth-order valence-electron chi connectivity index (χ4n) is 1.56. The van der Waals surface area contributed by atoms with Gasteiger partial charge in [0.2, 0.25) is 5.82 Å². The van der Waals surface area contributed by atoms with E-state index in [9.17, 15) is 4.79 Å². The number of benzene rings is 1. The van der Waals surface area contributed by atoms with E-state index in [2.05, 4.69) is 25.5 Å². The van der Waals surface area contributed by atoms with Gasteiger partial charge in [0, 0.05) is 0 Å². The molecule has 0 fully saturated rings. The molecule has 8 heteroatoms. The van der Waals surface area contributed by atoms with E-state index in [0.717, 1.165) is 16.0 Å². The van der Waals surface area contributed by atoms with Crippen LogP contribution in [-0.2, 0) is 0 Å². The summed E-state index contributed by atoms with van der Waals surface area (Å²) in [6.45, 7) is 0. The molecule has 3 aromatic rings. The maximum Gasteiger partial charge on any atom is 0.294 e. The van der Waals surface area contributed by atoms with Crippen LogP contribution < -0.4 is 10.1 Å². The van der Waals surface area contributed by atoms with Crippen molar-refractivity contribution in [2.24, 2.45) is 0 Å². The third-order valence-electron chi connectivity index (χ3n) is 2.45. The number of aromatic nitrogens is 4. The summed E-state index contributed by atoms with van der Waals surface area (Å²) < 4.78 is 6.08. The number of nitrogens with zero attached hydrogens (tertiary/aromatic N) is 3. The van der Waals surface area contributed by atoms with E-state index in [4.69, 9.17) is 4.74 Å². The number of carbonyl (C=O) groups excluding carboxylic acids is 1. The molecule has 0 bridgehead atoms. The maximum atomic E-state index is 11.8. The van der Waals surface area contributed by atoms with Crippen molar-refractivity contribution < 1.29 is 9.53 Å². The SMILES string of the molecule is COc1ccc2nc(NC(=O)c3ncn[nH]3)sc2c1. The normalized spacial score (nSPS) is 10.6. The van der Waals surface area contributed by atoms with Crippen molar-refractivity contribution in [3.63, 3.8) is 0 Å². The highest BCUT2D eigenvalue weighted by Crippen LogP contribution is 2.29. The molecule has 1 amide bonds. The molecule has 0 aliphatic rings. The number of ether oxygens (including phenoxy) is 1. The predicted octanol–water partition coefficient (Wildman–Crippen LogP) is 1.68. The second kappa shape index (κ2) is 4.65. The first-order valence-electron chi connectivity index (χ1n) is 5.37. The van der Waals surface area contributed by atoms with Gasteiger partial charge in [-0.15, -0.1) is 0 Å². The van der Waals surface area contributed by atoms with Crippen molar-refractivity contribution in [3.8, 4) is 5.75 Å². The van der Waals surface area contributed by atoms with Crippen LogP contribution in [0.15, 0.2) is 24.5 Å². The van der Waals surface area contributed by atoms with Gasteiger partial charge in [-0.1, -0.05) is 11.3 Å². The highest BCUT2D eigenvalue weighted by molar-refractivity contribution is 7.22. The molecule has 3 rings (SSSR count). The lowest BCUT2D eigenvalue weighted by molar-refractivity contribution is 0.101. The molecule has 96 valence electrons. The summed E-state index contributed by atoms with van der Waals surface area (Å²) in [6, 6.07) is 5.54. The van der Waals surface area contributed by atoms with Crippen LogP contribution in [0.4, 0.5) is 5.13 Å². The second-order valence-corrected chi connectivity index (χ2v) is 4.67. The fraction of sp³-hybridized carbons (Fsp3) is 0.0909. The minimum absolute atomic E-state index is 0.150. The van der Waals surface area contributed by atoms with E-state index in [0.29, 0.717) is 5.13 Å². The molecule has 2 heterocycles. The molecule has 2 aromatic heterocycles. The van der Waals surface area contributed by atoms with Gasteiger partial charge < -0.3 is 4.74 Å². The Morgan fingerprint density at radius 3 is 3.11 bits per heavy atom.